The van der Waals surface area contributed by atoms with E-state index in [0.29, 0.717) is 13.2 Å². The molecule has 4 heteroatoms. The van der Waals surface area contributed by atoms with Crippen molar-refractivity contribution >= 4 is 0 Å². The third-order valence-electron chi connectivity index (χ3n) is 2.94. The number of para-hydroxylation sites is 1. The molecule has 1 unspecified atom stereocenters. The van der Waals surface area contributed by atoms with E-state index in [2.05, 4.69) is 23.5 Å². The van der Waals surface area contributed by atoms with Crippen LogP contribution in [0.5, 0.6) is 5.75 Å². The molecule has 1 heterocycles. The van der Waals surface area contributed by atoms with Gasteiger partial charge in [0.2, 0.25) is 0 Å². The van der Waals surface area contributed by atoms with Crippen molar-refractivity contribution in [2.24, 2.45) is 0 Å². The number of ether oxygens (including phenoxy) is 1. The standard InChI is InChI=1S/C15H20N2O2/c1-4-18-15-8-6-5-7-14(15)12(3)16-10-13-9-11(2)17-19-13/h5-9,12,16H,4,10H2,1-3H3. The van der Waals surface area contributed by atoms with Crippen LogP contribution in [0.2, 0.25) is 0 Å². The Morgan fingerprint density at radius 1 is 1.37 bits per heavy atom. The quantitative estimate of drug-likeness (QED) is 0.866. The lowest BCUT2D eigenvalue weighted by Crippen LogP contribution is -2.18. The molecule has 1 N–H and O–H groups in total. The monoisotopic (exact) mass is 260 g/mol. The summed E-state index contributed by atoms with van der Waals surface area (Å²) in [7, 11) is 0. The Kier molecular flexibility index (Phi) is 4.58. The molecule has 0 bridgehead atoms. The second-order valence-electron chi connectivity index (χ2n) is 4.51. The average molecular weight is 260 g/mol. The fraction of sp³-hybridized carbons (Fsp3) is 0.400. The maximum Gasteiger partial charge on any atom is 0.150 e. The zero-order valence-electron chi connectivity index (χ0n) is 11.6. The van der Waals surface area contributed by atoms with Crippen molar-refractivity contribution in [3.8, 4) is 5.75 Å². The molecule has 1 atom stereocenters. The van der Waals surface area contributed by atoms with Gasteiger partial charge in [-0.05, 0) is 26.8 Å². The first-order valence-electron chi connectivity index (χ1n) is 6.58. The lowest BCUT2D eigenvalue weighted by molar-refractivity contribution is 0.329. The number of aromatic nitrogens is 1. The SMILES string of the molecule is CCOc1ccccc1C(C)NCc1cc(C)no1. The van der Waals surface area contributed by atoms with Crippen molar-refractivity contribution in [2.75, 3.05) is 6.61 Å². The van der Waals surface area contributed by atoms with Gasteiger partial charge in [0.15, 0.2) is 5.76 Å². The minimum Gasteiger partial charge on any atom is -0.494 e. The summed E-state index contributed by atoms with van der Waals surface area (Å²) in [5.74, 6) is 1.77. The normalized spacial score (nSPS) is 12.4. The van der Waals surface area contributed by atoms with Gasteiger partial charge >= 0.3 is 0 Å². The zero-order valence-corrected chi connectivity index (χ0v) is 11.6. The van der Waals surface area contributed by atoms with Crippen molar-refractivity contribution in [3.05, 3.63) is 47.3 Å². The van der Waals surface area contributed by atoms with Crippen molar-refractivity contribution in [3.63, 3.8) is 0 Å². The second kappa shape index (κ2) is 6.38. The smallest absolute Gasteiger partial charge is 0.150 e. The average Bonchev–Trinajstić information content (AvgIpc) is 2.83. The van der Waals surface area contributed by atoms with E-state index in [1.54, 1.807) is 0 Å². The molecule has 0 saturated heterocycles. The van der Waals surface area contributed by atoms with E-state index in [1.165, 1.54) is 0 Å². The molecule has 0 aliphatic rings. The van der Waals surface area contributed by atoms with Gasteiger partial charge in [-0.25, -0.2) is 0 Å². The van der Waals surface area contributed by atoms with Gasteiger partial charge in [0, 0.05) is 17.7 Å². The molecule has 1 aromatic heterocycles. The lowest BCUT2D eigenvalue weighted by Gasteiger charge is -2.17. The van der Waals surface area contributed by atoms with Gasteiger partial charge in [0.25, 0.3) is 0 Å². The number of aryl methyl sites for hydroxylation is 1. The van der Waals surface area contributed by atoms with E-state index in [9.17, 15) is 0 Å². The minimum atomic E-state index is 0.188. The molecular weight excluding hydrogens is 240 g/mol. The highest BCUT2D eigenvalue weighted by molar-refractivity contribution is 5.35. The van der Waals surface area contributed by atoms with Crippen LogP contribution >= 0.6 is 0 Å². The highest BCUT2D eigenvalue weighted by Crippen LogP contribution is 2.25. The van der Waals surface area contributed by atoms with Crippen LogP contribution in [0, 0.1) is 6.92 Å². The summed E-state index contributed by atoms with van der Waals surface area (Å²) < 4.78 is 10.8. The van der Waals surface area contributed by atoms with Crippen LogP contribution in [0.25, 0.3) is 0 Å². The van der Waals surface area contributed by atoms with E-state index in [1.807, 2.05) is 38.1 Å². The molecule has 1 aromatic carbocycles. The minimum absolute atomic E-state index is 0.188. The molecule has 2 rings (SSSR count). The summed E-state index contributed by atoms with van der Waals surface area (Å²) in [6.07, 6.45) is 0. The molecule has 0 saturated carbocycles. The zero-order chi connectivity index (χ0) is 13.7. The maximum atomic E-state index is 5.64. The van der Waals surface area contributed by atoms with Crippen LogP contribution in [0.4, 0.5) is 0 Å². The van der Waals surface area contributed by atoms with Crippen molar-refractivity contribution in [1.82, 2.24) is 10.5 Å². The van der Waals surface area contributed by atoms with Crippen LogP contribution in [0.1, 0.15) is 36.9 Å². The van der Waals surface area contributed by atoms with Gasteiger partial charge < -0.3 is 14.6 Å². The fourth-order valence-corrected chi connectivity index (χ4v) is 1.99. The summed E-state index contributed by atoms with van der Waals surface area (Å²) in [5, 5.41) is 7.29. The number of hydrogen-bond donors (Lipinski definition) is 1. The molecule has 0 aliphatic carbocycles. The Balaban J connectivity index is 2.01. The molecule has 19 heavy (non-hydrogen) atoms. The number of rotatable bonds is 6. The number of nitrogens with zero attached hydrogens (tertiary/aromatic N) is 1. The summed E-state index contributed by atoms with van der Waals surface area (Å²) in [6, 6.07) is 10.2. The van der Waals surface area contributed by atoms with Crippen molar-refractivity contribution in [2.45, 2.75) is 33.4 Å². The molecule has 4 nitrogen and oxygen atoms in total. The Morgan fingerprint density at radius 2 is 2.16 bits per heavy atom. The van der Waals surface area contributed by atoms with Crippen LogP contribution in [-0.2, 0) is 6.54 Å². The predicted octanol–water partition coefficient (Wildman–Crippen LogP) is 3.23. The highest BCUT2D eigenvalue weighted by Gasteiger charge is 2.11. The van der Waals surface area contributed by atoms with E-state index in [-0.39, 0.29) is 6.04 Å². The number of benzene rings is 1. The van der Waals surface area contributed by atoms with E-state index in [4.69, 9.17) is 9.26 Å². The van der Waals surface area contributed by atoms with Crippen LogP contribution in [-0.4, -0.2) is 11.8 Å². The number of nitrogens with one attached hydrogen (secondary N) is 1. The van der Waals surface area contributed by atoms with Gasteiger partial charge in [-0.2, -0.15) is 0 Å². The van der Waals surface area contributed by atoms with Gasteiger partial charge in [0.1, 0.15) is 5.75 Å². The van der Waals surface area contributed by atoms with Crippen LogP contribution in [0.3, 0.4) is 0 Å². The maximum absolute atomic E-state index is 5.64. The molecule has 102 valence electrons. The van der Waals surface area contributed by atoms with Crippen LogP contribution < -0.4 is 10.1 Å². The van der Waals surface area contributed by atoms with Gasteiger partial charge in [-0.15, -0.1) is 0 Å². The fourth-order valence-electron chi connectivity index (χ4n) is 1.99. The first-order chi connectivity index (χ1) is 9.20. The third-order valence-corrected chi connectivity index (χ3v) is 2.94. The van der Waals surface area contributed by atoms with Crippen LogP contribution in [0.15, 0.2) is 34.9 Å². The molecule has 0 amide bonds. The molecular formula is C15H20N2O2. The Morgan fingerprint density at radius 3 is 2.84 bits per heavy atom. The molecule has 2 aromatic rings. The van der Waals surface area contributed by atoms with Crippen molar-refractivity contribution < 1.29 is 9.26 Å². The number of hydrogen-bond acceptors (Lipinski definition) is 4. The Bertz CT molecular complexity index is 522. The predicted molar refractivity (Wildman–Crippen MR) is 74.1 cm³/mol. The summed E-state index contributed by atoms with van der Waals surface area (Å²) in [4.78, 5) is 0. The van der Waals surface area contributed by atoms with Crippen molar-refractivity contribution in [1.29, 1.82) is 0 Å². The second-order valence-corrected chi connectivity index (χ2v) is 4.51. The molecule has 0 aliphatic heterocycles. The molecule has 0 radical (unpaired) electrons. The van der Waals surface area contributed by atoms with Gasteiger partial charge in [0.05, 0.1) is 18.8 Å². The van der Waals surface area contributed by atoms with Gasteiger partial charge in [-0.3, -0.25) is 0 Å². The Labute approximate surface area is 113 Å². The molecule has 0 spiro atoms. The highest BCUT2D eigenvalue weighted by atomic mass is 16.5. The topological polar surface area (TPSA) is 47.3 Å². The third kappa shape index (κ3) is 3.58. The summed E-state index contributed by atoms with van der Waals surface area (Å²) in [5.41, 5.74) is 2.06. The van der Waals surface area contributed by atoms with E-state index >= 15 is 0 Å². The van der Waals surface area contributed by atoms with E-state index < -0.39 is 0 Å². The largest absolute Gasteiger partial charge is 0.494 e. The summed E-state index contributed by atoms with van der Waals surface area (Å²) >= 11 is 0. The van der Waals surface area contributed by atoms with E-state index in [0.717, 1.165) is 22.8 Å². The Hall–Kier alpha value is -1.81. The molecule has 0 fully saturated rings. The van der Waals surface area contributed by atoms with Gasteiger partial charge in [-0.1, -0.05) is 23.4 Å². The first-order valence-corrected chi connectivity index (χ1v) is 6.58. The summed E-state index contributed by atoms with van der Waals surface area (Å²) in [6.45, 7) is 7.35. The first kappa shape index (κ1) is 13.6. The lowest BCUT2D eigenvalue weighted by atomic mass is 10.1.